The van der Waals surface area contributed by atoms with Crippen LogP contribution in [-0.2, 0) is 14.8 Å². The predicted molar refractivity (Wildman–Crippen MR) is 103 cm³/mol. The van der Waals surface area contributed by atoms with Crippen LogP contribution >= 0.6 is 0 Å². The van der Waals surface area contributed by atoms with Crippen LogP contribution in [-0.4, -0.2) is 34.6 Å². The summed E-state index contributed by atoms with van der Waals surface area (Å²) in [4.78, 5) is 13.3. The number of benzene rings is 2. The van der Waals surface area contributed by atoms with E-state index in [1.165, 1.54) is 31.4 Å². The molecule has 1 amide bonds. The van der Waals surface area contributed by atoms with E-state index < -0.39 is 15.8 Å². The minimum absolute atomic E-state index is 0.00325. The van der Waals surface area contributed by atoms with E-state index in [0.717, 1.165) is 12.5 Å². The van der Waals surface area contributed by atoms with Gasteiger partial charge in [-0.25, -0.2) is 12.8 Å². The van der Waals surface area contributed by atoms with Gasteiger partial charge in [-0.05, 0) is 43.7 Å². The molecule has 0 saturated carbocycles. The third-order valence-corrected chi connectivity index (χ3v) is 5.69. The van der Waals surface area contributed by atoms with E-state index in [0.29, 0.717) is 24.4 Å². The molecular formula is C19H21FN2O5S. The van der Waals surface area contributed by atoms with Gasteiger partial charge in [0.25, 0.3) is 10.0 Å². The molecule has 1 saturated heterocycles. The van der Waals surface area contributed by atoms with E-state index in [1.807, 2.05) is 0 Å². The van der Waals surface area contributed by atoms with Crippen molar-refractivity contribution in [2.24, 2.45) is 0 Å². The van der Waals surface area contributed by atoms with Gasteiger partial charge in [-0.3, -0.25) is 9.52 Å². The van der Waals surface area contributed by atoms with Gasteiger partial charge in [0, 0.05) is 19.0 Å². The molecule has 2 aromatic rings. The Morgan fingerprint density at radius 3 is 2.57 bits per heavy atom. The molecule has 28 heavy (non-hydrogen) atoms. The lowest BCUT2D eigenvalue weighted by Gasteiger charge is -2.20. The number of carbonyl (C=O) groups excluding carboxylic acids is 1. The van der Waals surface area contributed by atoms with Gasteiger partial charge in [0.1, 0.15) is 5.75 Å². The number of ether oxygens (including phenoxy) is 2. The summed E-state index contributed by atoms with van der Waals surface area (Å²) in [7, 11) is -2.57. The SMILES string of the molecule is CCOc1ccc(S(=O)(=O)Nc2ccc(N3CCCC3=O)c(OC)c2)cc1F. The minimum Gasteiger partial charge on any atom is -0.494 e. The van der Waals surface area contributed by atoms with Crippen LogP contribution in [0.3, 0.4) is 0 Å². The molecule has 0 unspecified atom stereocenters. The average molecular weight is 408 g/mol. The summed E-state index contributed by atoms with van der Waals surface area (Å²) in [5.41, 5.74) is 0.821. The number of hydrogen-bond donors (Lipinski definition) is 1. The summed E-state index contributed by atoms with van der Waals surface area (Å²) >= 11 is 0. The second-order valence-electron chi connectivity index (χ2n) is 6.17. The first-order valence-electron chi connectivity index (χ1n) is 8.79. The summed E-state index contributed by atoms with van der Waals surface area (Å²) in [5, 5.41) is 0. The molecule has 1 heterocycles. The van der Waals surface area contributed by atoms with Crippen molar-refractivity contribution in [3.05, 3.63) is 42.2 Å². The fourth-order valence-corrected chi connectivity index (χ4v) is 4.06. The molecule has 7 nitrogen and oxygen atoms in total. The molecule has 0 spiro atoms. The molecule has 0 aliphatic carbocycles. The van der Waals surface area contributed by atoms with Crippen molar-refractivity contribution < 1.29 is 27.1 Å². The lowest BCUT2D eigenvalue weighted by molar-refractivity contribution is -0.117. The number of amides is 1. The van der Waals surface area contributed by atoms with Crippen molar-refractivity contribution in [3.63, 3.8) is 0 Å². The van der Waals surface area contributed by atoms with Crippen LogP contribution in [0.2, 0.25) is 0 Å². The zero-order valence-electron chi connectivity index (χ0n) is 15.6. The Bertz CT molecular complexity index is 994. The first-order chi connectivity index (χ1) is 13.4. The standard InChI is InChI=1S/C19H21FN2O5S/c1-3-27-17-9-7-14(12-15(17)20)28(24,25)21-13-6-8-16(18(11-13)26-2)22-10-4-5-19(22)23/h6-9,11-12,21H,3-5,10H2,1-2H3. The van der Waals surface area contributed by atoms with Crippen LogP contribution in [0.5, 0.6) is 11.5 Å². The predicted octanol–water partition coefficient (Wildman–Crippen LogP) is 3.16. The maximum Gasteiger partial charge on any atom is 0.262 e. The summed E-state index contributed by atoms with van der Waals surface area (Å²) in [6, 6.07) is 8.09. The van der Waals surface area contributed by atoms with E-state index in [4.69, 9.17) is 9.47 Å². The lowest BCUT2D eigenvalue weighted by Crippen LogP contribution is -2.24. The largest absolute Gasteiger partial charge is 0.494 e. The third kappa shape index (κ3) is 4.04. The van der Waals surface area contributed by atoms with Gasteiger partial charge >= 0.3 is 0 Å². The number of carbonyl (C=O) groups is 1. The molecule has 3 rings (SSSR count). The smallest absolute Gasteiger partial charge is 0.262 e. The molecule has 1 aliphatic heterocycles. The Morgan fingerprint density at radius 2 is 1.96 bits per heavy atom. The number of rotatable bonds is 7. The number of halogens is 1. The topological polar surface area (TPSA) is 84.9 Å². The molecular weight excluding hydrogens is 387 g/mol. The molecule has 1 aliphatic rings. The highest BCUT2D eigenvalue weighted by Crippen LogP contribution is 2.34. The van der Waals surface area contributed by atoms with Gasteiger partial charge < -0.3 is 14.4 Å². The zero-order valence-corrected chi connectivity index (χ0v) is 16.4. The highest BCUT2D eigenvalue weighted by molar-refractivity contribution is 7.92. The van der Waals surface area contributed by atoms with Crippen LogP contribution in [0.4, 0.5) is 15.8 Å². The van der Waals surface area contributed by atoms with E-state index in [9.17, 15) is 17.6 Å². The van der Waals surface area contributed by atoms with Crippen LogP contribution in [0.15, 0.2) is 41.3 Å². The molecule has 0 atom stereocenters. The highest BCUT2D eigenvalue weighted by atomic mass is 32.2. The summed E-state index contributed by atoms with van der Waals surface area (Å²) in [6.07, 6.45) is 1.24. The zero-order chi connectivity index (χ0) is 20.3. The van der Waals surface area contributed by atoms with Gasteiger partial charge in [0.2, 0.25) is 5.91 Å². The van der Waals surface area contributed by atoms with Crippen LogP contribution in [0.25, 0.3) is 0 Å². The maximum absolute atomic E-state index is 14.0. The van der Waals surface area contributed by atoms with Gasteiger partial charge in [0.05, 0.1) is 30.0 Å². The van der Waals surface area contributed by atoms with Crippen molar-refractivity contribution in [2.45, 2.75) is 24.7 Å². The number of sulfonamides is 1. The second-order valence-corrected chi connectivity index (χ2v) is 7.85. The Kier molecular flexibility index (Phi) is 5.73. The molecule has 0 bridgehead atoms. The maximum atomic E-state index is 14.0. The van der Waals surface area contributed by atoms with Crippen molar-refractivity contribution in [1.29, 1.82) is 0 Å². The first kappa shape index (κ1) is 19.9. The van der Waals surface area contributed by atoms with E-state index in [1.54, 1.807) is 17.9 Å². The van der Waals surface area contributed by atoms with E-state index >= 15 is 0 Å². The average Bonchev–Trinajstić information content (AvgIpc) is 3.08. The van der Waals surface area contributed by atoms with Crippen LogP contribution in [0.1, 0.15) is 19.8 Å². The Balaban J connectivity index is 1.86. The van der Waals surface area contributed by atoms with E-state index in [2.05, 4.69) is 4.72 Å². The van der Waals surface area contributed by atoms with Crippen LogP contribution in [0, 0.1) is 5.82 Å². The lowest BCUT2D eigenvalue weighted by atomic mass is 10.2. The number of anilines is 2. The van der Waals surface area contributed by atoms with Crippen LogP contribution < -0.4 is 19.1 Å². The Hall–Kier alpha value is -2.81. The molecule has 1 N–H and O–H groups in total. The number of nitrogens with one attached hydrogen (secondary N) is 1. The fraction of sp³-hybridized carbons (Fsp3) is 0.316. The number of hydrogen-bond acceptors (Lipinski definition) is 5. The van der Waals surface area contributed by atoms with E-state index in [-0.39, 0.29) is 28.8 Å². The number of nitrogens with zero attached hydrogens (tertiary/aromatic N) is 1. The molecule has 9 heteroatoms. The van der Waals surface area contributed by atoms with Gasteiger partial charge in [-0.15, -0.1) is 0 Å². The highest BCUT2D eigenvalue weighted by Gasteiger charge is 2.25. The Labute approximate surface area is 163 Å². The van der Waals surface area contributed by atoms with Gasteiger partial charge in [-0.1, -0.05) is 0 Å². The monoisotopic (exact) mass is 408 g/mol. The van der Waals surface area contributed by atoms with Crippen molar-refractivity contribution in [3.8, 4) is 11.5 Å². The summed E-state index contributed by atoms with van der Waals surface area (Å²) in [5.74, 6) is -0.405. The molecule has 0 radical (unpaired) electrons. The van der Waals surface area contributed by atoms with Gasteiger partial charge in [0.15, 0.2) is 11.6 Å². The summed E-state index contributed by atoms with van der Waals surface area (Å²) in [6.45, 7) is 2.57. The molecule has 150 valence electrons. The second kappa shape index (κ2) is 8.05. The quantitative estimate of drug-likeness (QED) is 0.761. The fourth-order valence-electron chi connectivity index (χ4n) is 3.00. The van der Waals surface area contributed by atoms with Crippen molar-refractivity contribution in [2.75, 3.05) is 29.9 Å². The molecule has 1 fully saturated rings. The third-order valence-electron chi connectivity index (χ3n) is 4.31. The van der Waals surface area contributed by atoms with Crippen molar-refractivity contribution in [1.82, 2.24) is 0 Å². The Morgan fingerprint density at radius 1 is 1.18 bits per heavy atom. The molecule has 0 aromatic heterocycles. The first-order valence-corrected chi connectivity index (χ1v) is 10.3. The minimum atomic E-state index is -4.02. The molecule has 2 aromatic carbocycles. The van der Waals surface area contributed by atoms with Crippen molar-refractivity contribution >= 4 is 27.3 Å². The number of methoxy groups -OCH3 is 1. The van der Waals surface area contributed by atoms with Gasteiger partial charge in [-0.2, -0.15) is 0 Å². The normalized spacial score (nSPS) is 14.2. The summed E-state index contributed by atoms with van der Waals surface area (Å²) < 4.78 is 52.0.